The highest BCUT2D eigenvalue weighted by molar-refractivity contribution is 5.95. The van der Waals surface area contributed by atoms with Crippen molar-refractivity contribution in [1.29, 1.82) is 0 Å². The van der Waals surface area contributed by atoms with Crippen LogP contribution in [0.15, 0.2) is 61.3 Å². The van der Waals surface area contributed by atoms with E-state index in [1.807, 2.05) is 24.4 Å². The van der Waals surface area contributed by atoms with E-state index in [-0.39, 0.29) is 12.3 Å². The van der Waals surface area contributed by atoms with Crippen molar-refractivity contribution in [3.63, 3.8) is 0 Å². The average Bonchev–Trinajstić information content (AvgIpc) is 3.10. The van der Waals surface area contributed by atoms with Crippen molar-refractivity contribution in [2.75, 3.05) is 12.4 Å². The van der Waals surface area contributed by atoms with Crippen LogP contribution in [0.1, 0.15) is 5.56 Å². The molecule has 4 aromatic rings. The Morgan fingerprint density at radius 1 is 1.19 bits per heavy atom. The largest absolute Gasteiger partial charge is 0.481 e. The van der Waals surface area contributed by atoms with Crippen molar-refractivity contribution in [2.45, 2.75) is 6.42 Å². The lowest BCUT2D eigenvalue weighted by molar-refractivity contribution is -0.115. The average molecular weight is 359 g/mol. The second-order valence-electron chi connectivity index (χ2n) is 5.96. The zero-order valence-corrected chi connectivity index (χ0v) is 14.6. The van der Waals surface area contributed by atoms with E-state index in [1.54, 1.807) is 44.0 Å². The summed E-state index contributed by atoms with van der Waals surface area (Å²) in [5, 5.41) is 3.73. The number of nitrogens with zero attached hydrogens (tertiary/aromatic N) is 3. The summed E-state index contributed by atoms with van der Waals surface area (Å²) < 4.78 is 5.34. The Balaban J connectivity index is 1.63. The maximum Gasteiger partial charge on any atom is 0.228 e. The van der Waals surface area contributed by atoms with Crippen molar-refractivity contribution in [2.24, 2.45) is 0 Å². The molecule has 0 fully saturated rings. The number of anilines is 1. The van der Waals surface area contributed by atoms with Crippen LogP contribution in [-0.2, 0) is 11.2 Å². The Kier molecular flexibility index (Phi) is 4.49. The summed E-state index contributed by atoms with van der Waals surface area (Å²) in [5.74, 6) is 0.415. The Labute approximate surface area is 155 Å². The number of aromatic amines is 1. The first-order chi connectivity index (χ1) is 13.2. The van der Waals surface area contributed by atoms with Gasteiger partial charge in [0.05, 0.1) is 25.4 Å². The van der Waals surface area contributed by atoms with Crippen LogP contribution in [0.25, 0.3) is 22.2 Å². The summed E-state index contributed by atoms with van der Waals surface area (Å²) in [5.41, 5.74) is 3.98. The number of ether oxygens (including phenoxy) is 1. The van der Waals surface area contributed by atoms with Gasteiger partial charge in [0.15, 0.2) is 0 Å². The molecule has 0 aliphatic carbocycles. The molecule has 4 rings (SSSR count). The van der Waals surface area contributed by atoms with Crippen LogP contribution in [-0.4, -0.2) is 33.0 Å². The molecule has 27 heavy (non-hydrogen) atoms. The lowest BCUT2D eigenvalue weighted by atomic mass is 10.1. The second-order valence-corrected chi connectivity index (χ2v) is 5.96. The summed E-state index contributed by atoms with van der Waals surface area (Å²) in [6.07, 6.45) is 8.75. The number of pyridine rings is 3. The number of carbonyl (C=O) groups is 1. The standard InChI is InChI=1S/C20H17N5O2/c1-27-20-16(5-3-7-22-20)13-8-17-14(11-24-19(17)23-10-13)9-18(26)25-15-4-2-6-21-12-15/h2-8,10-12H,9H2,1H3,(H,23,24)(H,25,26). The van der Waals surface area contributed by atoms with Crippen LogP contribution in [0.3, 0.4) is 0 Å². The first kappa shape index (κ1) is 16.7. The van der Waals surface area contributed by atoms with E-state index in [0.717, 1.165) is 27.7 Å². The highest BCUT2D eigenvalue weighted by atomic mass is 16.5. The smallest absolute Gasteiger partial charge is 0.228 e. The van der Waals surface area contributed by atoms with Gasteiger partial charge in [0.1, 0.15) is 5.65 Å². The van der Waals surface area contributed by atoms with E-state index >= 15 is 0 Å². The lowest BCUT2D eigenvalue weighted by Crippen LogP contribution is -2.14. The van der Waals surface area contributed by atoms with Crippen molar-refractivity contribution in [1.82, 2.24) is 19.9 Å². The van der Waals surface area contributed by atoms with Gasteiger partial charge in [-0.15, -0.1) is 0 Å². The van der Waals surface area contributed by atoms with Crippen LogP contribution in [0.5, 0.6) is 5.88 Å². The van der Waals surface area contributed by atoms with E-state index in [1.165, 1.54) is 0 Å². The lowest BCUT2D eigenvalue weighted by Gasteiger charge is -2.07. The molecule has 0 spiro atoms. The first-order valence-corrected chi connectivity index (χ1v) is 8.40. The van der Waals surface area contributed by atoms with Crippen molar-refractivity contribution in [3.05, 3.63) is 66.9 Å². The number of amides is 1. The molecule has 4 aromatic heterocycles. The minimum atomic E-state index is -0.117. The maximum atomic E-state index is 12.4. The molecule has 7 heteroatoms. The minimum absolute atomic E-state index is 0.117. The SMILES string of the molecule is COc1ncccc1-c1cnc2[nH]cc(CC(=O)Nc3cccnc3)c2c1. The Hall–Kier alpha value is -3.74. The molecule has 0 aromatic carbocycles. The van der Waals surface area contributed by atoms with E-state index in [4.69, 9.17) is 4.74 Å². The predicted molar refractivity (Wildman–Crippen MR) is 102 cm³/mol. The second kappa shape index (κ2) is 7.25. The monoisotopic (exact) mass is 359 g/mol. The molecule has 0 atom stereocenters. The number of fused-ring (bicyclic) bond motifs is 1. The zero-order chi connectivity index (χ0) is 18.6. The van der Waals surface area contributed by atoms with Gasteiger partial charge in [0.25, 0.3) is 0 Å². The molecular formula is C20H17N5O2. The van der Waals surface area contributed by atoms with Gasteiger partial charge in [-0.25, -0.2) is 9.97 Å². The molecular weight excluding hydrogens is 342 g/mol. The molecule has 0 radical (unpaired) electrons. The van der Waals surface area contributed by atoms with Crippen LogP contribution < -0.4 is 10.1 Å². The molecule has 0 aliphatic heterocycles. The van der Waals surface area contributed by atoms with Gasteiger partial charge in [-0.05, 0) is 35.9 Å². The molecule has 1 amide bonds. The van der Waals surface area contributed by atoms with Crippen molar-refractivity contribution < 1.29 is 9.53 Å². The molecule has 0 saturated heterocycles. The van der Waals surface area contributed by atoms with E-state index in [9.17, 15) is 4.79 Å². The van der Waals surface area contributed by atoms with Gasteiger partial charge in [-0.2, -0.15) is 0 Å². The zero-order valence-electron chi connectivity index (χ0n) is 14.6. The molecule has 2 N–H and O–H groups in total. The number of methoxy groups -OCH3 is 1. The highest BCUT2D eigenvalue weighted by Gasteiger charge is 2.13. The van der Waals surface area contributed by atoms with Crippen LogP contribution >= 0.6 is 0 Å². The fourth-order valence-electron chi connectivity index (χ4n) is 2.94. The minimum Gasteiger partial charge on any atom is -0.481 e. The number of hydrogen-bond acceptors (Lipinski definition) is 5. The summed E-state index contributed by atoms with van der Waals surface area (Å²) in [7, 11) is 1.59. The molecule has 0 aliphatic rings. The molecule has 7 nitrogen and oxygen atoms in total. The summed E-state index contributed by atoms with van der Waals surface area (Å²) >= 11 is 0. The molecule has 4 heterocycles. The van der Waals surface area contributed by atoms with E-state index < -0.39 is 0 Å². The molecule has 0 unspecified atom stereocenters. The normalized spacial score (nSPS) is 10.7. The van der Waals surface area contributed by atoms with Gasteiger partial charge in [-0.3, -0.25) is 9.78 Å². The van der Waals surface area contributed by atoms with Gasteiger partial charge in [-0.1, -0.05) is 0 Å². The predicted octanol–water partition coefficient (Wildman–Crippen LogP) is 3.21. The van der Waals surface area contributed by atoms with E-state index in [0.29, 0.717) is 11.6 Å². The number of aromatic nitrogens is 4. The van der Waals surface area contributed by atoms with Crippen LogP contribution in [0, 0.1) is 0 Å². The topological polar surface area (TPSA) is 92.8 Å². The first-order valence-electron chi connectivity index (χ1n) is 8.40. The fourth-order valence-corrected chi connectivity index (χ4v) is 2.94. The Bertz CT molecular complexity index is 1090. The molecule has 134 valence electrons. The van der Waals surface area contributed by atoms with Gasteiger partial charge in [0, 0.05) is 41.3 Å². The number of rotatable bonds is 5. The highest BCUT2D eigenvalue weighted by Crippen LogP contribution is 2.30. The summed E-state index contributed by atoms with van der Waals surface area (Å²) in [4.78, 5) is 28.2. The third kappa shape index (κ3) is 3.48. The molecule has 0 saturated carbocycles. The number of nitrogens with one attached hydrogen (secondary N) is 2. The van der Waals surface area contributed by atoms with Crippen LogP contribution in [0.2, 0.25) is 0 Å². The van der Waals surface area contributed by atoms with E-state index in [2.05, 4.69) is 25.3 Å². The summed E-state index contributed by atoms with van der Waals surface area (Å²) in [6.45, 7) is 0. The number of H-pyrrole nitrogens is 1. The third-order valence-electron chi connectivity index (χ3n) is 4.19. The van der Waals surface area contributed by atoms with Crippen LogP contribution in [0.4, 0.5) is 5.69 Å². The van der Waals surface area contributed by atoms with Gasteiger partial charge >= 0.3 is 0 Å². The van der Waals surface area contributed by atoms with Gasteiger partial charge in [0.2, 0.25) is 11.8 Å². The number of carbonyl (C=O) groups excluding carboxylic acids is 1. The van der Waals surface area contributed by atoms with Crippen molar-refractivity contribution >= 4 is 22.6 Å². The Morgan fingerprint density at radius 3 is 2.89 bits per heavy atom. The third-order valence-corrected chi connectivity index (χ3v) is 4.19. The quantitative estimate of drug-likeness (QED) is 0.571. The molecule has 0 bridgehead atoms. The van der Waals surface area contributed by atoms with Crippen molar-refractivity contribution in [3.8, 4) is 17.0 Å². The van der Waals surface area contributed by atoms with Gasteiger partial charge < -0.3 is 15.0 Å². The number of hydrogen-bond donors (Lipinski definition) is 2. The Morgan fingerprint density at radius 2 is 2.07 bits per heavy atom. The summed E-state index contributed by atoms with van der Waals surface area (Å²) in [6, 6.07) is 9.34. The fraction of sp³-hybridized carbons (Fsp3) is 0.100. The maximum absolute atomic E-state index is 12.4.